The molecule has 0 radical (unpaired) electrons. The molecule has 2 aromatic rings. The van der Waals surface area contributed by atoms with Gasteiger partial charge in [-0.15, -0.1) is 0 Å². The zero-order chi connectivity index (χ0) is 23.5. The van der Waals surface area contributed by atoms with E-state index in [4.69, 9.17) is 4.74 Å². The van der Waals surface area contributed by atoms with Crippen LogP contribution in [0.25, 0.3) is 0 Å². The van der Waals surface area contributed by atoms with Gasteiger partial charge in [-0.05, 0) is 31.9 Å². The Kier molecular flexibility index (Phi) is 6.96. The number of nitrogens with zero attached hydrogens (tertiary/aromatic N) is 1. The molecule has 1 saturated carbocycles. The summed E-state index contributed by atoms with van der Waals surface area (Å²) in [5.74, 6) is 2.24. The van der Waals surface area contributed by atoms with Gasteiger partial charge in [-0.1, -0.05) is 68.5 Å². The van der Waals surface area contributed by atoms with Gasteiger partial charge < -0.3 is 14.5 Å². The van der Waals surface area contributed by atoms with Crippen LogP contribution < -0.4 is 10.1 Å². The highest BCUT2D eigenvalue weighted by Crippen LogP contribution is 2.44. The van der Waals surface area contributed by atoms with Gasteiger partial charge in [0.25, 0.3) is 0 Å². The van der Waals surface area contributed by atoms with Crippen LogP contribution in [-0.2, 0) is 4.79 Å². The molecule has 1 N–H and O–H groups in total. The summed E-state index contributed by atoms with van der Waals surface area (Å²) in [4.78, 5) is 13.6. The average Bonchev–Trinajstić information content (AvgIpc) is 2.83. The van der Waals surface area contributed by atoms with Crippen LogP contribution in [0, 0.1) is 5.92 Å². The van der Waals surface area contributed by atoms with E-state index in [0.29, 0.717) is 6.04 Å². The molecule has 1 unspecified atom stereocenters. The summed E-state index contributed by atoms with van der Waals surface area (Å²) in [5, 5.41) is 3.44. The van der Waals surface area contributed by atoms with Gasteiger partial charge >= 0.3 is 0 Å². The first-order valence-electron chi connectivity index (χ1n) is 13.6. The molecule has 0 bridgehead atoms. The number of likely N-dealkylation sites (tertiary alicyclic amines) is 1. The SMILES string of the molecule is CC(C1CCCCCCC1)[N+]1(C)CCC(NC(=O)C2c3ccccc3Oc3ccccc32)CC1. The quantitative estimate of drug-likeness (QED) is 0.535. The highest BCUT2D eigenvalue weighted by atomic mass is 16.5. The number of benzene rings is 2. The third kappa shape index (κ3) is 4.75. The molecule has 2 aromatic carbocycles. The zero-order valence-corrected chi connectivity index (χ0v) is 21.0. The van der Waals surface area contributed by atoms with Crippen molar-refractivity contribution in [3.63, 3.8) is 0 Å². The van der Waals surface area contributed by atoms with E-state index in [-0.39, 0.29) is 17.9 Å². The lowest BCUT2D eigenvalue weighted by Crippen LogP contribution is -2.60. The highest BCUT2D eigenvalue weighted by Gasteiger charge is 2.40. The molecule has 0 aromatic heterocycles. The molecule has 0 spiro atoms. The molecule has 2 aliphatic heterocycles. The van der Waals surface area contributed by atoms with Crippen LogP contribution in [0.4, 0.5) is 0 Å². The number of quaternary nitrogens is 1. The maximum atomic E-state index is 13.6. The van der Waals surface area contributed by atoms with Gasteiger partial charge in [0.05, 0.1) is 32.1 Å². The second kappa shape index (κ2) is 10.1. The molecule has 2 heterocycles. The van der Waals surface area contributed by atoms with Crippen molar-refractivity contribution < 1.29 is 14.0 Å². The Morgan fingerprint density at radius 1 is 0.853 bits per heavy atom. The van der Waals surface area contributed by atoms with E-state index in [1.165, 1.54) is 49.4 Å². The molecule has 1 saturated heterocycles. The van der Waals surface area contributed by atoms with Crippen LogP contribution in [0.5, 0.6) is 11.5 Å². The molecule has 182 valence electrons. The van der Waals surface area contributed by atoms with Crippen LogP contribution >= 0.6 is 0 Å². The Morgan fingerprint density at radius 3 is 1.97 bits per heavy atom. The Hall–Kier alpha value is -2.33. The second-order valence-corrected chi connectivity index (χ2v) is 11.2. The number of nitrogens with one attached hydrogen (secondary N) is 1. The number of hydrogen-bond acceptors (Lipinski definition) is 2. The van der Waals surface area contributed by atoms with Crippen molar-refractivity contribution in [2.24, 2.45) is 5.92 Å². The molecular weight excluding hydrogens is 420 g/mol. The lowest BCUT2D eigenvalue weighted by Gasteiger charge is -2.48. The summed E-state index contributed by atoms with van der Waals surface area (Å²) in [5.41, 5.74) is 1.93. The molecule has 1 aliphatic carbocycles. The summed E-state index contributed by atoms with van der Waals surface area (Å²) in [6, 6.07) is 16.9. The maximum absolute atomic E-state index is 13.6. The van der Waals surface area contributed by atoms with Crippen molar-refractivity contribution >= 4 is 5.91 Å². The van der Waals surface area contributed by atoms with E-state index in [2.05, 4.69) is 19.3 Å². The molecular formula is C30H41N2O2+. The molecule has 4 heteroatoms. The van der Waals surface area contributed by atoms with E-state index in [1.807, 2.05) is 48.5 Å². The number of para-hydroxylation sites is 2. The topological polar surface area (TPSA) is 38.3 Å². The Labute approximate surface area is 205 Å². The molecule has 34 heavy (non-hydrogen) atoms. The first-order chi connectivity index (χ1) is 16.5. The molecule has 3 aliphatic rings. The Morgan fingerprint density at radius 2 is 1.38 bits per heavy atom. The third-order valence-corrected chi connectivity index (χ3v) is 9.08. The molecule has 1 amide bonds. The number of carbonyl (C=O) groups is 1. The summed E-state index contributed by atoms with van der Waals surface area (Å²) in [7, 11) is 2.46. The summed E-state index contributed by atoms with van der Waals surface area (Å²) in [6.07, 6.45) is 12.0. The van der Waals surface area contributed by atoms with Gasteiger partial charge in [0, 0.05) is 35.9 Å². The number of rotatable bonds is 4. The van der Waals surface area contributed by atoms with Gasteiger partial charge in [-0.3, -0.25) is 4.79 Å². The van der Waals surface area contributed by atoms with Crippen molar-refractivity contribution in [3.8, 4) is 11.5 Å². The smallest absolute Gasteiger partial charge is 0.232 e. The van der Waals surface area contributed by atoms with Gasteiger partial charge in [0.15, 0.2) is 0 Å². The first-order valence-corrected chi connectivity index (χ1v) is 13.6. The van der Waals surface area contributed by atoms with Crippen molar-refractivity contribution in [1.29, 1.82) is 0 Å². The summed E-state index contributed by atoms with van der Waals surface area (Å²) < 4.78 is 7.26. The zero-order valence-electron chi connectivity index (χ0n) is 21.0. The van der Waals surface area contributed by atoms with Gasteiger partial charge in [-0.25, -0.2) is 0 Å². The van der Waals surface area contributed by atoms with Crippen LogP contribution in [0.3, 0.4) is 0 Å². The lowest BCUT2D eigenvalue weighted by atomic mass is 9.83. The summed E-state index contributed by atoms with van der Waals surface area (Å²) >= 11 is 0. The van der Waals surface area contributed by atoms with Crippen molar-refractivity contribution in [3.05, 3.63) is 59.7 Å². The largest absolute Gasteiger partial charge is 0.457 e. The van der Waals surface area contributed by atoms with Gasteiger partial charge in [-0.2, -0.15) is 0 Å². The van der Waals surface area contributed by atoms with E-state index in [1.54, 1.807) is 0 Å². The molecule has 5 rings (SSSR count). The fraction of sp³-hybridized carbons (Fsp3) is 0.567. The van der Waals surface area contributed by atoms with E-state index >= 15 is 0 Å². The first kappa shape index (κ1) is 23.4. The maximum Gasteiger partial charge on any atom is 0.232 e. The number of ether oxygens (including phenoxy) is 1. The van der Waals surface area contributed by atoms with E-state index < -0.39 is 0 Å². The van der Waals surface area contributed by atoms with Crippen molar-refractivity contribution in [2.45, 2.75) is 82.7 Å². The number of carbonyl (C=O) groups excluding carboxylic acids is 1. The number of fused-ring (bicyclic) bond motifs is 2. The monoisotopic (exact) mass is 461 g/mol. The van der Waals surface area contributed by atoms with Crippen LogP contribution in [0.2, 0.25) is 0 Å². The van der Waals surface area contributed by atoms with Crippen LogP contribution in [0.1, 0.15) is 81.8 Å². The average molecular weight is 462 g/mol. The Bertz CT molecular complexity index is 941. The predicted octanol–water partition coefficient (Wildman–Crippen LogP) is 6.40. The minimum absolute atomic E-state index is 0.109. The summed E-state index contributed by atoms with van der Waals surface area (Å²) in [6.45, 7) is 4.81. The van der Waals surface area contributed by atoms with Crippen molar-refractivity contribution in [1.82, 2.24) is 5.32 Å². The molecule has 1 atom stereocenters. The molecule has 2 fully saturated rings. The highest BCUT2D eigenvalue weighted by molar-refractivity contribution is 5.89. The molecule has 4 nitrogen and oxygen atoms in total. The van der Waals surface area contributed by atoms with Crippen LogP contribution in [-0.4, -0.2) is 42.6 Å². The normalized spacial score (nSPS) is 26.8. The minimum Gasteiger partial charge on any atom is -0.457 e. The number of hydrogen-bond donors (Lipinski definition) is 1. The third-order valence-electron chi connectivity index (χ3n) is 9.08. The minimum atomic E-state index is -0.308. The second-order valence-electron chi connectivity index (χ2n) is 11.2. The fourth-order valence-corrected chi connectivity index (χ4v) is 6.67. The van der Waals surface area contributed by atoms with Crippen LogP contribution in [0.15, 0.2) is 48.5 Å². The van der Waals surface area contributed by atoms with E-state index in [0.717, 1.165) is 54.5 Å². The standard InChI is InChI=1S/C30H40N2O2/c1-22(23-12-6-4-3-5-7-13-23)32(2)20-18-24(19-21-32)31-30(33)29-25-14-8-10-16-27(25)34-28-17-11-9-15-26(28)29/h8-11,14-17,22-24,29H,3-7,12-13,18-21H2,1-2H3/p+1. The Balaban J connectivity index is 1.24. The predicted molar refractivity (Wildman–Crippen MR) is 137 cm³/mol. The van der Waals surface area contributed by atoms with Gasteiger partial charge in [0.1, 0.15) is 11.5 Å². The number of amides is 1. The van der Waals surface area contributed by atoms with Crippen molar-refractivity contribution in [2.75, 3.05) is 20.1 Å². The lowest BCUT2D eigenvalue weighted by molar-refractivity contribution is -0.940. The van der Waals surface area contributed by atoms with E-state index in [9.17, 15) is 4.79 Å². The van der Waals surface area contributed by atoms with Gasteiger partial charge in [0.2, 0.25) is 5.91 Å². The fourth-order valence-electron chi connectivity index (χ4n) is 6.67. The number of piperidine rings is 1.